The molecule has 13 nitrogen and oxygen atoms in total. The first-order valence-corrected chi connectivity index (χ1v) is 18.4. The molecule has 55 heavy (non-hydrogen) atoms. The van der Waals surface area contributed by atoms with Crippen LogP contribution in [0.5, 0.6) is 0 Å². The molecule has 0 saturated carbocycles. The largest absolute Gasteiger partial charge is 0.477 e. The number of hydrogen-bond donors (Lipinski definition) is 3. The van der Waals surface area contributed by atoms with Gasteiger partial charge in [-0.25, -0.2) is 18.8 Å². The van der Waals surface area contributed by atoms with E-state index in [1.54, 1.807) is 27.4 Å². The van der Waals surface area contributed by atoms with Crippen molar-refractivity contribution in [2.24, 2.45) is 11.8 Å². The molecular formula is C41H48FN5O8. The summed E-state index contributed by atoms with van der Waals surface area (Å²) >= 11 is 0. The molecule has 1 saturated heterocycles. The summed E-state index contributed by atoms with van der Waals surface area (Å²) in [5, 5.41) is 15.5. The zero-order chi connectivity index (χ0) is 39.6. The van der Waals surface area contributed by atoms with Crippen LogP contribution in [0.2, 0.25) is 0 Å². The number of pyridine rings is 1. The minimum atomic E-state index is -1.37. The van der Waals surface area contributed by atoms with Gasteiger partial charge in [-0.1, -0.05) is 63.2 Å². The zero-order valence-electron chi connectivity index (χ0n) is 31.5. The quantitative estimate of drug-likeness (QED) is 0.126. The van der Waals surface area contributed by atoms with Crippen LogP contribution in [0, 0.1) is 17.7 Å². The van der Waals surface area contributed by atoms with Crippen molar-refractivity contribution in [3.63, 3.8) is 0 Å². The highest BCUT2D eigenvalue weighted by atomic mass is 19.1. The van der Waals surface area contributed by atoms with Gasteiger partial charge in [-0.2, -0.15) is 0 Å². The second kappa shape index (κ2) is 18.4. The van der Waals surface area contributed by atoms with E-state index < -0.39 is 41.0 Å². The summed E-state index contributed by atoms with van der Waals surface area (Å²) < 4.78 is 27.8. The number of nitrogens with one attached hydrogen (secondary N) is 2. The molecule has 0 unspecified atom stereocenters. The Morgan fingerprint density at radius 2 is 1.55 bits per heavy atom. The molecule has 2 heterocycles. The average molecular weight is 758 g/mol. The van der Waals surface area contributed by atoms with E-state index in [-0.39, 0.29) is 48.3 Å². The topological polar surface area (TPSA) is 160 Å². The van der Waals surface area contributed by atoms with Crippen molar-refractivity contribution in [1.29, 1.82) is 0 Å². The summed E-state index contributed by atoms with van der Waals surface area (Å²) in [6.45, 7) is 9.90. The standard InChI is InChI=1S/C41H48FN5O8/c1-5-45-23-32(39(50)51)38(49)31-20-33(42)35(21-34(31)45)46-15-17-47(18-16-46)41(53)55-25-29-11-13-30(14-12-29)43-22-27(4)19-36(48)37(26(2)3)44-40(52)54-24-28-9-7-6-8-10-28/h6-14,20-21,23,26-27,37,43H,5,15-19,22,24-25H2,1-4H3,(H,44,52)(H,50,51)/t27-,37-/m1/s1. The molecule has 292 valence electrons. The Hall–Kier alpha value is -5.92. The number of fused-ring (bicyclic) bond motifs is 1. The van der Waals surface area contributed by atoms with Gasteiger partial charge in [-0.05, 0) is 54.2 Å². The SMILES string of the molecule is CCn1cc(C(=O)O)c(=O)c2cc(F)c(N3CCN(C(=O)OCc4ccc(NC[C@H](C)CC(=O)[C@H](NC(=O)OCc5ccccc5)C(C)C)cc4)CC3)cc21. The summed E-state index contributed by atoms with van der Waals surface area (Å²) in [6, 6.07) is 18.8. The Morgan fingerprint density at radius 1 is 0.891 bits per heavy atom. The molecule has 2 atom stereocenters. The maximum absolute atomic E-state index is 15.3. The highest BCUT2D eigenvalue weighted by Crippen LogP contribution is 2.27. The van der Waals surface area contributed by atoms with E-state index in [9.17, 15) is 29.1 Å². The van der Waals surface area contributed by atoms with Crippen LogP contribution >= 0.6 is 0 Å². The van der Waals surface area contributed by atoms with Crippen molar-refractivity contribution in [2.45, 2.75) is 59.9 Å². The van der Waals surface area contributed by atoms with E-state index in [2.05, 4.69) is 10.6 Å². The average Bonchev–Trinajstić information content (AvgIpc) is 3.18. The third-order valence-corrected chi connectivity index (χ3v) is 9.62. The van der Waals surface area contributed by atoms with Crippen LogP contribution in [0.4, 0.5) is 25.4 Å². The van der Waals surface area contributed by atoms with Crippen LogP contribution in [-0.4, -0.2) is 77.3 Å². The predicted octanol–water partition coefficient (Wildman–Crippen LogP) is 6.28. The van der Waals surface area contributed by atoms with Crippen molar-refractivity contribution >= 4 is 46.2 Å². The predicted molar refractivity (Wildman–Crippen MR) is 207 cm³/mol. The van der Waals surface area contributed by atoms with Crippen LogP contribution in [0.1, 0.15) is 55.6 Å². The van der Waals surface area contributed by atoms with Crippen molar-refractivity contribution in [1.82, 2.24) is 14.8 Å². The summed E-state index contributed by atoms with van der Waals surface area (Å²) in [7, 11) is 0. The molecule has 0 radical (unpaired) electrons. The minimum absolute atomic E-state index is 0.000222. The van der Waals surface area contributed by atoms with Crippen LogP contribution in [0.15, 0.2) is 77.7 Å². The Morgan fingerprint density at radius 3 is 2.18 bits per heavy atom. The molecule has 1 aromatic heterocycles. The number of carboxylic acids is 1. The molecule has 2 amide bonds. The Labute approximate surface area is 319 Å². The lowest BCUT2D eigenvalue weighted by molar-refractivity contribution is -0.122. The summed E-state index contributed by atoms with van der Waals surface area (Å²) in [4.78, 5) is 66.0. The number of aryl methyl sites for hydroxylation is 1. The number of amides is 2. The number of piperazine rings is 1. The molecule has 3 N–H and O–H groups in total. The molecule has 4 aromatic rings. The normalized spacial score (nSPS) is 14.0. The number of ketones is 1. The van der Waals surface area contributed by atoms with E-state index in [0.717, 1.165) is 22.9 Å². The molecule has 0 spiro atoms. The van der Waals surface area contributed by atoms with Gasteiger partial charge in [0.05, 0.1) is 17.2 Å². The van der Waals surface area contributed by atoms with Gasteiger partial charge in [0, 0.05) is 63.0 Å². The number of halogens is 1. The molecular weight excluding hydrogens is 709 g/mol. The number of aromatic nitrogens is 1. The number of nitrogens with zero attached hydrogens (tertiary/aromatic N) is 3. The van der Waals surface area contributed by atoms with Gasteiger partial charge >= 0.3 is 18.2 Å². The molecule has 1 fully saturated rings. The molecule has 1 aliphatic heterocycles. The van der Waals surface area contributed by atoms with E-state index in [1.807, 2.05) is 75.4 Å². The molecule has 3 aromatic carbocycles. The molecule has 14 heteroatoms. The van der Waals surface area contributed by atoms with E-state index >= 15 is 4.39 Å². The molecule has 5 rings (SSSR count). The van der Waals surface area contributed by atoms with E-state index in [0.29, 0.717) is 44.8 Å². The van der Waals surface area contributed by atoms with Gasteiger partial charge in [0.1, 0.15) is 24.6 Å². The van der Waals surface area contributed by atoms with Crippen molar-refractivity contribution < 1.29 is 38.1 Å². The van der Waals surface area contributed by atoms with Crippen LogP contribution in [0.25, 0.3) is 10.9 Å². The van der Waals surface area contributed by atoms with Gasteiger partial charge in [-0.15, -0.1) is 0 Å². The fraction of sp³-hybridized carbons (Fsp3) is 0.390. The fourth-order valence-electron chi connectivity index (χ4n) is 6.49. The molecule has 0 aliphatic carbocycles. The summed E-state index contributed by atoms with van der Waals surface area (Å²) in [5.74, 6) is -2.20. The first-order valence-electron chi connectivity index (χ1n) is 18.4. The maximum Gasteiger partial charge on any atom is 0.410 e. The Kier molecular flexibility index (Phi) is 13.5. The monoisotopic (exact) mass is 757 g/mol. The first kappa shape index (κ1) is 40.3. The second-order valence-electron chi connectivity index (χ2n) is 14.1. The van der Waals surface area contributed by atoms with E-state index in [1.165, 1.54) is 6.20 Å². The first-order chi connectivity index (χ1) is 26.3. The van der Waals surface area contributed by atoms with Crippen molar-refractivity contribution in [3.8, 4) is 0 Å². The minimum Gasteiger partial charge on any atom is -0.477 e. The van der Waals surface area contributed by atoms with Crippen LogP contribution in [0.3, 0.4) is 0 Å². The number of benzene rings is 3. The van der Waals surface area contributed by atoms with Crippen molar-refractivity contribution in [3.05, 3.63) is 106 Å². The summed E-state index contributed by atoms with van der Waals surface area (Å²) in [6.07, 6.45) is 0.428. The Bertz CT molecular complexity index is 2050. The number of carbonyl (C=O) groups excluding carboxylic acids is 3. The third kappa shape index (κ3) is 10.4. The number of carbonyl (C=O) groups is 4. The number of carboxylic acid groups (broad SMARTS) is 1. The zero-order valence-corrected chi connectivity index (χ0v) is 31.5. The van der Waals surface area contributed by atoms with Crippen molar-refractivity contribution in [2.75, 3.05) is 42.9 Å². The van der Waals surface area contributed by atoms with Gasteiger partial charge in [0.25, 0.3) is 0 Å². The van der Waals surface area contributed by atoms with E-state index in [4.69, 9.17) is 9.47 Å². The number of aromatic carboxylic acids is 1. The lowest BCUT2D eigenvalue weighted by Gasteiger charge is -2.35. The second-order valence-corrected chi connectivity index (χ2v) is 14.1. The Balaban J connectivity index is 1.05. The lowest BCUT2D eigenvalue weighted by atomic mass is 9.93. The number of rotatable bonds is 15. The van der Waals surface area contributed by atoms with Gasteiger partial charge in [0.15, 0.2) is 5.78 Å². The molecule has 0 bridgehead atoms. The number of anilines is 2. The number of ether oxygens (including phenoxy) is 2. The third-order valence-electron chi connectivity index (χ3n) is 9.62. The van der Waals surface area contributed by atoms with Crippen LogP contribution < -0.4 is 21.0 Å². The smallest absolute Gasteiger partial charge is 0.410 e. The fourth-order valence-corrected chi connectivity index (χ4v) is 6.49. The highest BCUT2D eigenvalue weighted by Gasteiger charge is 2.27. The number of alkyl carbamates (subject to hydrolysis) is 1. The highest BCUT2D eigenvalue weighted by molar-refractivity contribution is 5.93. The summed E-state index contributed by atoms with van der Waals surface area (Å²) in [5.41, 5.74) is 2.05. The van der Waals surface area contributed by atoms with Crippen LogP contribution in [-0.2, 0) is 34.0 Å². The molecule has 1 aliphatic rings. The van der Waals surface area contributed by atoms with Gasteiger partial charge in [0.2, 0.25) is 5.43 Å². The number of hydrogen-bond acceptors (Lipinski definition) is 9. The lowest BCUT2D eigenvalue weighted by Crippen LogP contribution is -2.49. The number of Topliss-reactive ketones (excluding diaryl/α,β-unsaturated/α-hetero) is 1. The van der Waals surface area contributed by atoms with Gasteiger partial charge in [-0.3, -0.25) is 9.59 Å². The van der Waals surface area contributed by atoms with Gasteiger partial charge < -0.3 is 39.6 Å². The maximum atomic E-state index is 15.3.